The molecule has 1 aliphatic rings. The molecule has 0 saturated carbocycles. The molecule has 1 atom stereocenters. The summed E-state index contributed by atoms with van der Waals surface area (Å²) >= 11 is 0. The smallest absolute Gasteiger partial charge is 0.325 e. The first-order valence-electron chi connectivity index (χ1n) is 9.17. The van der Waals surface area contributed by atoms with E-state index in [4.69, 9.17) is 9.47 Å². The van der Waals surface area contributed by atoms with E-state index in [0.717, 1.165) is 4.90 Å². The maximum atomic E-state index is 12.8. The van der Waals surface area contributed by atoms with Crippen molar-refractivity contribution in [2.75, 3.05) is 26.8 Å². The van der Waals surface area contributed by atoms with Crippen molar-refractivity contribution in [1.29, 1.82) is 0 Å². The van der Waals surface area contributed by atoms with Crippen LogP contribution >= 0.6 is 0 Å². The first kappa shape index (κ1) is 20.2. The summed E-state index contributed by atoms with van der Waals surface area (Å²) in [5.74, 6) is 0.418. The van der Waals surface area contributed by atoms with Gasteiger partial charge in [-0.15, -0.1) is 0 Å². The van der Waals surface area contributed by atoms with Crippen LogP contribution in [0.15, 0.2) is 54.6 Å². The summed E-state index contributed by atoms with van der Waals surface area (Å²) < 4.78 is 10.6. The molecule has 0 aromatic heterocycles. The van der Waals surface area contributed by atoms with Crippen LogP contribution in [0.4, 0.5) is 4.79 Å². The van der Waals surface area contributed by atoms with Crippen molar-refractivity contribution in [3.05, 3.63) is 60.2 Å². The molecule has 8 nitrogen and oxygen atoms in total. The standard InChI is InChI=1S/C21H23N3O5/c1-21(15-8-10-16(28-2)11-9-15)19(26)24(20(27)23-21)14-18(25)22-12-13-29-17-6-4-3-5-7-17/h3-11H,12-14H2,1-2H3,(H,22,25)(H,23,27). The summed E-state index contributed by atoms with van der Waals surface area (Å²) in [6.45, 7) is 1.79. The predicted molar refractivity (Wildman–Crippen MR) is 106 cm³/mol. The number of methoxy groups -OCH3 is 1. The summed E-state index contributed by atoms with van der Waals surface area (Å²) in [6, 6.07) is 15.4. The Balaban J connectivity index is 1.54. The molecular weight excluding hydrogens is 374 g/mol. The highest BCUT2D eigenvalue weighted by molar-refractivity contribution is 6.09. The molecule has 3 rings (SSSR count). The van der Waals surface area contributed by atoms with E-state index in [-0.39, 0.29) is 19.7 Å². The van der Waals surface area contributed by atoms with E-state index in [1.807, 2.05) is 30.3 Å². The summed E-state index contributed by atoms with van der Waals surface area (Å²) in [6.07, 6.45) is 0. The van der Waals surface area contributed by atoms with Gasteiger partial charge in [-0.2, -0.15) is 0 Å². The number of nitrogens with zero attached hydrogens (tertiary/aromatic N) is 1. The number of imide groups is 1. The van der Waals surface area contributed by atoms with Gasteiger partial charge in [-0.25, -0.2) is 4.79 Å². The first-order valence-corrected chi connectivity index (χ1v) is 9.17. The lowest BCUT2D eigenvalue weighted by Gasteiger charge is -2.22. The number of hydrogen-bond donors (Lipinski definition) is 2. The number of urea groups is 1. The van der Waals surface area contributed by atoms with Crippen LogP contribution in [-0.4, -0.2) is 49.6 Å². The molecule has 1 aliphatic heterocycles. The average Bonchev–Trinajstić information content (AvgIpc) is 2.96. The van der Waals surface area contributed by atoms with Crippen LogP contribution in [0.1, 0.15) is 12.5 Å². The van der Waals surface area contributed by atoms with Gasteiger partial charge in [0.05, 0.1) is 13.7 Å². The molecule has 1 heterocycles. The Morgan fingerprint density at radius 1 is 1.07 bits per heavy atom. The number of rotatable bonds is 8. The molecule has 29 heavy (non-hydrogen) atoms. The monoisotopic (exact) mass is 397 g/mol. The Morgan fingerprint density at radius 2 is 1.76 bits per heavy atom. The summed E-state index contributed by atoms with van der Waals surface area (Å²) in [5.41, 5.74) is -0.629. The van der Waals surface area contributed by atoms with Gasteiger partial charge < -0.3 is 20.1 Å². The van der Waals surface area contributed by atoms with Gasteiger partial charge in [0.2, 0.25) is 5.91 Å². The van der Waals surface area contributed by atoms with Gasteiger partial charge >= 0.3 is 6.03 Å². The lowest BCUT2D eigenvalue weighted by atomic mass is 9.92. The molecule has 4 amide bonds. The minimum absolute atomic E-state index is 0.257. The summed E-state index contributed by atoms with van der Waals surface area (Å²) in [5, 5.41) is 5.32. The van der Waals surface area contributed by atoms with E-state index in [1.54, 1.807) is 38.3 Å². The second-order valence-electron chi connectivity index (χ2n) is 6.69. The normalized spacial score (nSPS) is 18.3. The predicted octanol–water partition coefficient (Wildman–Crippen LogP) is 1.66. The highest BCUT2D eigenvalue weighted by Crippen LogP contribution is 2.29. The van der Waals surface area contributed by atoms with Gasteiger partial charge in [0.1, 0.15) is 30.2 Å². The Labute approximate surface area is 168 Å². The second-order valence-corrected chi connectivity index (χ2v) is 6.69. The molecule has 2 aromatic rings. The zero-order valence-corrected chi connectivity index (χ0v) is 16.3. The fourth-order valence-corrected chi connectivity index (χ4v) is 3.04. The number of para-hydroxylation sites is 1. The van der Waals surface area contributed by atoms with Crippen LogP contribution in [0.25, 0.3) is 0 Å². The molecule has 1 unspecified atom stereocenters. The van der Waals surface area contributed by atoms with Crippen LogP contribution < -0.4 is 20.1 Å². The fourth-order valence-electron chi connectivity index (χ4n) is 3.04. The fraction of sp³-hybridized carbons (Fsp3) is 0.286. The molecular formula is C21H23N3O5. The van der Waals surface area contributed by atoms with E-state index in [9.17, 15) is 14.4 Å². The van der Waals surface area contributed by atoms with Crippen LogP contribution in [-0.2, 0) is 15.1 Å². The molecule has 0 bridgehead atoms. The Morgan fingerprint density at radius 3 is 2.41 bits per heavy atom. The molecule has 0 aliphatic carbocycles. The van der Waals surface area contributed by atoms with Crippen molar-refractivity contribution >= 4 is 17.8 Å². The van der Waals surface area contributed by atoms with Gasteiger partial charge in [-0.05, 0) is 36.8 Å². The van der Waals surface area contributed by atoms with Crippen LogP contribution in [0.2, 0.25) is 0 Å². The Bertz CT molecular complexity index is 885. The molecule has 8 heteroatoms. The largest absolute Gasteiger partial charge is 0.497 e. The minimum Gasteiger partial charge on any atom is -0.497 e. The van der Waals surface area contributed by atoms with Gasteiger partial charge in [0.25, 0.3) is 5.91 Å². The molecule has 152 valence electrons. The van der Waals surface area contributed by atoms with Crippen molar-refractivity contribution in [3.8, 4) is 11.5 Å². The highest BCUT2D eigenvalue weighted by atomic mass is 16.5. The van der Waals surface area contributed by atoms with E-state index in [1.165, 1.54) is 0 Å². The van der Waals surface area contributed by atoms with Crippen LogP contribution in [0.5, 0.6) is 11.5 Å². The SMILES string of the molecule is COc1ccc(C2(C)NC(=O)N(CC(=O)NCCOc3ccccc3)C2=O)cc1. The van der Waals surface area contributed by atoms with Crippen molar-refractivity contribution in [3.63, 3.8) is 0 Å². The Kier molecular flexibility index (Phi) is 6.01. The van der Waals surface area contributed by atoms with Crippen LogP contribution in [0, 0.1) is 0 Å². The third-order valence-corrected chi connectivity index (χ3v) is 4.68. The molecule has 1 saturated heterocycles. The van der Waals surface area contributed by atoms with Crippen molar-refractivity contribution in [2.24, 2.45) is 0 Å². The van der Waals surface area contributed by atoms with Gasteiger partial charge in [0.15, 0.2) is 0 Å². The van der Waals surface area contributed by atoms with Crippen molar-refractivity contribution < 1.29 is 23.9 Å². The van der Waals surface area contributed by atoms with E-state index in [0.29, 0.717) is 17.1 Å². The lowest BCUT2D eigenvalue weighted by molar-refractivity contribution is -0.134. The number of carbonyl (C=O) groups excluding carboxylic acids is 3. The minimum atomic E-state index is -1.24. The average molecular weight is 397 g/mol. The number of amides is 4. The number of benzene rings is 2. The number of carbonyl (C=O) groups is 3. The van der Waals surface area contributed by atoms with E-state index in [2.05, 4.69) is 10.6 Å². The second kappa shape index (κ2) is 8.64. The molecule has 2 aromatic carbocycles. The summed E-state index contributed by atoms with van der Waals surface area (Å²) in [4.78, 5) is 38.3. The third kappa shape index (κ3) is 4.48. The molecule has 0 radical (unpaired) electrons. The third-order valence-electron chi connectivity index (χ3n) is 4.68. The zero-order valence-electron chi connectivity index (χ0n) is 16.3. The van der Waals surface area contributed by atoms with Gasteiger partial charge in [-0.3, -0.25) is 14.5 Å². The lowest BCUT2D eigenvalue weighted by Crippen LogP contribution is -2.43. The zero-order chi connectivity index (χ0) is 20.9. The maximum absolute atomic E-state index is 12.8. The number of hydrogen-bond acceptors (Lipinski definition) is 5. The van der Waals surface area contributed by atoms with Crippen molar-refractivity contribution in [1.82, 2.24) is 15.5 Å². The van der Waals surface area contributed by atoms with Crippen molar-refractivity contribution in [2.45, 2.75) is 12.5 Å². The van der Waals surface area contributed by atoms with Gasteiger partial charge in [-0.1, -0.05) is 30.3 Å². The number of nitrogens with one attached hydrogen (secondary N) is 2. The molecule has 1 fully saturated rings. The first-order chi connectivity index (χ1) is 13.9. The van der Waals surface area contributed by atoms with E-state index < -0.39 is 23.4 Å². The van der Waals surface area contributed by atoms with E-state index >= 15 is 0 Å². The summed E-state index contributed by atoms with van der Waals surface area (Å²) in [7, 11) is 1.55. The van der Waals surface area contributed by atoms with Gasteiger partial charge in [0, 0.05) is 0 Å². The topological polar surface area (TPSA) is 97.0 Å². The highest BCUT2D eigenvalue weighted by Gasteiger charge is 2.49. The number of ether oxygens (including phenoxy) is 2. The molecule has 2 N–H and O–H groups in total. The molecule has 0 spiro atoms. The quantitative estimate of drug-likeness (QED) is 0.522. The van der Waals surface area contributed by atoms with Crippen LogP contribution in [0.3, 0.4) is 0 Å². The maximum Gasteiger partial charge on any atom is 0.325 e. The Hall–Kier alpha value is -3.55.